The summed E-state index contributed by atoms with van der Waals surface area (Å²) in [6.07, 6.45) is 2.65. The molecule has 0 saturated carbocycles. The van der Waals surface area contributed by atoms with E-state index in [1.165, 1.54) is 11.3 Å². The first-order chi connectivity index (χ1) is 8.67. The molecule has 0 aliphatic rings. The first kappa shape index (κ1) is 13.8. The zero-order valence-corrected chi connectivity index (χ0v) is 12.1. The zero-order valence-electron chi connectivity index (χ0n) is 9.73. The van der Waals surface area contributed by atoms with Crippen molar-refractivity contribution in [2.75, 3.05) is 0 Å². The highest BCUT2D eigenvalue weighted by molar-refractivity contribution is 7.20. The summed E-state index contributed by atoms with van der Waals surface area (Å²) in [6, 6.07) is 1.55. The fraction of sp³-hybridized carbons (Fsp3) is 0.400. The smallest absolute Gasteiger partial charge is 0.0996 e. The van der Waals surface area contributed by atoms with E-state index >= 15 is 0 Å². The van der Waals surface area contributed by atoms with Crippen LogP contribution >= 0.6 is 34.5 Å². The van der Waals surface area contributed by atoms with Crippen LogP contribution in [0, 0.1) is 0 Å². The number of aromatic nitrogens is 3. The lowest BCUT2D eigenvalue weighted by Gasteiger charge is -2.16. The zero-order chi connectivity index (χ0) is 13.1. The Bertz CT molecular complexity index is 524. The van der Waals surface area contributed by atoms with Crippen LogP contribution in [0.3, 0.4) is 0 Å². The van der Waals surface area contributed by atoms with Crippen LogP contribution in [0.5, 0.6) is 0 Å². The number of rotatable bonds is 5. The number of halogens is 2. The number of hydrogen-bond acceptors (Lipinski definition) is 5. The molecule has 0 saturated heterocycles. The first-order valence-electron chi connectivity index (χ1n) is 5.46. The molecule has 1 unspecified atom stereocenters. The van der Waals surface area contributed by atoms with E-state index in [0.717, 1.165) is 24.2 Å². The van der Waals surface area contributed by atoms with Gasteiger partial charge in [-0.25, -0.2) is 10.1 Å². The van der Waals surface area contributed by atoms with E-state index in [4.69, 9.17) is 29.0 Å². The average molecular weight is 306 g/mol. The number of nitrogens with zero attached hydrogens (tertiary/aromatic N) is 3. The van der Waals surface area contributed by atoms with E-state index in [0.29, 0.717) is 8.67 Å². The van der Waals surface area contributed by atoms with E-state index in [9.17, 15) is 0 Å². The summed E-state index contributed by atoms with van der Waals surface area (Å²) >= 11 is 13.4. The summed E-state index contributed by atoms with van der Waals surface area (Å²) in [7, 11) is 0. The Morgan fingerprint density at radius 3 is 2.89 bits per heavy atom. The predicted octanol–water partition coefficient (Wildman–Crippen LogP) is 2.61. The summed E-state index contributed by atoms with van der Waals surface area (Å²) < 4.78 is 3.06. The number of thiophene rings is 1. The molecule has 0 amide bonds. The first-order valence-corrected chi connectivity index (χ1v) is 7.03. The summed E-state index contributed by atoms with van der Waals surface area (Å²) in [5, 5.41) is 7.95. The SMILES string of the molecule is CCCn1nncc1C(NN)c1cc(Cl)sc1Cl. The molecule has 0 aliphatic heterocycles. The quantitative estimate of drug-likeness (QED) is 0.658. The Morgan fingerprint density at radius 2 is 2.33 bits per heavy atom. The number of hydrazine groups is 1. The number of nitrogens with two attached hydrogens (primary N) is 1. The van der Waals surface area contributed by atoms with E-state index in [1.54, 1.807) is 6.20 Å². The number of hydrogen-bond donors (Lipinski definition) is 2. The molecule has 0 bridgehead atoms. The molecule has 0 spiro atoms. The Balaban J connectivity index is 2.39. The van der Waals surface area contributed by atoms with Gasteiger partial charge in [0.05, 0.1) is 26.6 Å². The molecule has 5 nitrogen and oxygen atoms in total. The summed E-state index contributed by atoms with van der Waals surface area (Å²) in [5.74, 6) is 5.62. The van der Waals surface area contributed by atoms with Crippen LogP contribution in [0.1, 0.15) is 30.6 Å². The molecule has 0 radical (unpaired) electrons. The monoisotopic (exact) mass is 305 g/mol. The molecule has 2 heterocycles. The topological polar surface area (TPSA) is 68.8 Å². The highest BCUT2D eigenvalue weighted by Gasteiger charge is 2.22. The van der Waals surface area contributed by atoms with E-state index in [-0.39, 0.29) is 6.04 Å². The summed E-state index contributed by atoms with van der Waals surface area (Å²) in [4.78, 5) is 0. The lowest BCUT2D eigenvalue weighted by atomic mass is 10.1. The van der Waals surface area contributed by atoms with Gasteiger partial charge in [-0.05, 0) is 12.5 Å². The molecule has 18 heavy (non-hydrogen) atoms. The van der Waals surface area contributed by atoms with Crippen molar-refractivity contribution < 1.29 is 0 Å². The molecule has 2 rings (SSSR count). The van der Waals surface area contributed by atoms with Gasteiger partial charge in [-0.3, -0.25) is 5.84 Å². The van der Waals surface area contributed by atoms with Crippen LogP contribution < -0.4 is 11.3 Å². The molecule has 2 aromatic heterocycles. The molecule has 0 fully saturated rings. The third kappa shape index (κ3) is 2.67. The third-order valence-electron chi connectivity index (χ3n) is 2.54. The fourth-order valence-electron chi connectivity index (χ4n) is 1.76. The van der Waals surface area contributed by atoms with Crippen LogP contribution in [0.4, 0.5) is 0 Å². The lowest BCUT2D eigenvalue weighted by Crippen LogP contribution is -2.30. The molecule has 8 heteroatoms. The fourth-order valence-corrected chi connectivity index (χ4v) is 3.29. The molecule has 1 atom stereocenters. The van der Waals surface area contributed by atoms with Crippen molar-refractivity contribution in [3.05, 3.63) is 32.2 Å². The molecular weight excluding hydrogens is 293 g/mol. The van der Waals surface area contributed by atoms with Gasteiger partial charge in [0.2, 0.25) is 0 Å². The van der Waals surface area contributed by atoms with Crippen molar-refractivity contribution >= 4 is 34.5 Å². The van der Waals surface area contributed by atoms with Crippen LogP contribution in [-0.4, -0.2) is 15.0 Å². The van der Waals surface area contributed by atoms with Crippen molar-refractivity contribution in [3.63, 3.8) is 0 Å². The van der Waals surface area contributed by atoms with Crippen LogP contribution in [-0.2, 0) is 6.54 Å². The van der Waals surface area contributed by atoms with Crippen LogP contribution in [0.2, 0.25) is 8.67 Å². The second-order valence-electron chi connectivity index (χ2n) is 3.76. The second kappa shape index (κ2) is 5.99. The largest absolute Gasteiger partial charge is 0.271 e. The Morgan fingerprint density at radius 1 is 1.56 bits per heavy atom. The van der Waals surface area contributed by atoms with E-state index in [2.05, 4.69) is 22.7 Å². The summed E-state index contributed by atoms with van der Waals surface area (Å²) in [6.45, 7) is 2.85. The molecule has 2 aromatic rings. The molecule has 98 valence electrons. The highest BCUT2D eigenvalue weighted by Crippen LogP contribution is 2.36. The van der Waals surface area contributed by atoms with Gasteiger partial charge in [0.25, 0.3) is 0 Å². The van der Waals surface area contributed by atoms with E-state index < -0.39 is 0 Å². The van der Waals surface area contributed by atoms with E-state index in [1.807, 2.05) is 10.7 Å². The maximum Gasteiger partial charge on any atom is 0.0996 e. The van der Waals surface area contributed by atoms with Crippen LogP contribution in [0.25, 0.3) is 0 Å². The Kier molecular flexibility index (Phi) is 4.58. The maximum absolute atomic E-state index is 6.15. The van der Waals surface area contributed by atoms with Gasteiger partial charge in [-0.15, -0.1) is 16.4 Å². The van der Waals surface area contributed by atoms with Gasteiger partial charge in [-0.1, -0.05) is 35.3 Å². The summed E-state index contributed by atoms with van der Waals surface area (Å²) in [5.41, 5.74) is 4.45. The number of nitrogens with one attached hydrogen (secondary N) is 1. The minimum absolute atomic E-state index is 0.261. The molecule has 3 N–H and O–H groups in total. The van der Waals surface area contributed by atoms with Crippen molar-refractivity contribution in [2.45, 2.75) is 25.9 Å². The molecular formula is C10H13Cl2N5S. The van der Waals surface area contributed by atoms with Gasteiger partial charge >= 0.3 is 0 Å². The molecule has 0 aliphatic carbocycles. The number of aryl methyl sites for hydroxylation is 1. The average Bonchev–Trinajstić information content (AvgIpc) is 2.89. The van der Waals surface area contributed by atoms with Crippen molar-refractivity contribution in [2.24, 2.45) is 5.84 Å². The van der Waals surface area contributed by atoms with Gasteiger partial charge in [0.15, 0.2) is 0 Å². The second-order valence-corrected chi connectivity index (χ2v) is 6.05. The highest BCUT2D eigenvalue weighted by atomic mass is 35.5. The minimum atomic E-state index is -0.261. The van der Waals surface area contributed by atoms with Gasteiger partial charge in [0, 0.05) is 12.1 Å². The van der Waals surface area contributed by atoms with Crippen molar-refractivity contribution in [1.82, 2.24) is 20.4 Å². The normalized spacial score (nSPS) is 12.9. The van der Waals surface area contributed by atoms with Gasteiger partial charge in [0.1, 0.15) is 0 Å². The van der Waals surface area contributed by atoms with Crippen molar-refractivity contribution in [1.29, 1.82) is 0 Å². The standard InChI is InChI=1S/C10H13Cl2N5S/c1-2-3-17-7(5-14-16-17)9(15-13)6-4-8(11)18-10(6)12/h4-5,9,15H,2-3,13H2,1H3. The van der Waals surface area contributed by atoms with Crippen LogP contribution in [0.15, 0.2) is 12.3 Å². The Hall–Kier alpha value is -0.660. The Labute approximate surface area is 119 Å². The van der Waals surface area contributed by atoms with Gasteiger partial charge in [-0.2, -0.15) is 0 Å². The lowest BCUT2D eigenvalue weighted by molar-refractivity contribution is 0.512. The van der Waals surface area contributed by atoms with Crippen molar-refractivity contribution in [3.8, 4) is 0 Å². The predicted molar refractivity (Wildman–Crippen MR) is 73.8 cm³/mol. The third-order valence-corrected chi connectivity index (χ3v) is 4.06. The maximum atomic E-state index is 6.15. The minimum Gasteiger partial charge on any atom is -0.271 e. The molecule has 0 aromatic carbocycles. The van der Waals surface area contributed by atoms with Gasteiger partial charge < -0.3 is 0 Å².